The lowest BCUT2D eigenvalue weighted by Gasteiger charge is -2.48. The Kier molecular flexibility index (Phi) is 9.15. The predicted octanol–water partition coefficient (Wildman–Crippen LogP) is 6.10. The third-order valence-electron chi connectivity index (χ3n) is 8.15. The van der Waals surface area contributed by atoms with Gasteiger partial charge in [0.25, 0.3) is 5.91 Å². The van der Waals surface area contributed by atoms with E-state index in [-0.39, 0.29) is 30.7 Å². The molecule has 2 amide bonds. The quantitative estimate of drug-likeness (QED) is 0.224. The van der Waals surface area contributed by atoms with E-state index in [1.165, 1.54) is 24.3 Å². The van der Waals surface area contributed by atoms with Crippen LogP contribution in [0.2, 0.25) is 0 Å². The highest BCUT2D eigenvalue weighted by molar-refractivity contribution is 6.03. The monoisotopic (exact) mass is 618 g/mol. The minimum Gasteiger partial charge on any atom is -0.497 e. The molecule has 1 aliphatic heterocycles. The minimum atomic E-state index is -4.83. The van der Waals surface area contributed by atoms with E-state index < -0.39 is 17.8 Å². The third-order valence-corrected chi connectivity index (χ3v) is 8.15. The van der Waals surface area contributed by atoms with Gasteiger partial charge >= 0.3 is 6.36 Å². The molecule has 0 radical (unpaired) electrons. The number of fused-ring (bicyclic) bond motifs is 1. The van der Waals surface area contributed by atoms with Crippen LogP contribution in [0.4, 0.5) is 13.2 Å². The second-order valence-electron chi connectivity index (χ2n) is 11.0. The van der Waals surface area contributed by atoms with Gasteiger partial charge in [-0.05, 0) is 71.5 Å². The van der Waals surface area contributed by atoms with E-state index in [2.05, 4.69) is 10.1 Å². The molecule has 10 heteroatoms. The van der Waals surface area contributed by atoms with Crippen LogP contribution in [-0.4, -0.2) is 41.8 Å². The second-order valence-corrected chi connectivity index (χ2v) is 11.0. The first kappa shape index (κ1) is 31.6. The van der Waals surface area contributed by atoms with E-state index in [0.717, 1.165) is 11.3 Å². The summed E-state index contributed by atoms with van der Waals surface area (Å²) in [5, 5.41) is 12.7. The van der Waals surface area contributed by atoms with Gasteiger partial charge in [0.15, 0.2) is 0 Å². The number of aliphatic hydroxyl groups excluding tert-OH is 1. The summed E-state index contributed by atoms with van der Waals surface area (Å²) >= 11 is 0. The summed E-state index contributed by atoms with van der Waals surface area (Å²) in [6.07, 6.45) is -4.26. The highest BCUT2D eigenvalue weighted by Crippen LogP contribution is 2.48. The van der Waals surface area contributed by atoms with Gasteiger partial charge in [-0.15, -0.1) is 13.2 Å². The molecule has 234 valence electrons. The number of nitrogens with one attached hydrogen (secondary N) is 1. The summed E-state index contributed by atoms with van der Waals surface area (Å²) in [6.45, 7) is 1.99. The number of methoxy groups -OCH3 is 1. The highest BCUT2D eigenvalue weighted by Gasteiger charge is 2.53. The van der Waals surface area contributed by atoms with Crippen molar-refractivity contribution in [3.63, 3.8) is 0 Å². The molecule has 1 aliphatic rings. The SMILES string of the molecule is COc1ccc(CCNC(=O)[C@@]2(C)c3ccccc3C(=O)N(Cc3ccc(OC(F)(F)F)cc3)[C@H]2c2ccc(CO)cc2)cc1. The van der Waals surface area contributed by atoms with Gasteiger partial charge in [-0.3, -0.25) is 9.59 Å². The first-order chi connectivity index (χ1) is 21.5. The number of rotatable bonds is 10. The fourth-order valence-corrected chi connectivity index (χ4v) is 5.87. The smallest absolute Gasteiger partial charge is 0.497 e. The van der Waals surface area contributed by atoms with Crippen molar-refractivity contribution in [3.8, 4) is 11.5 Å². The Labute approximate surface area is 259 Å². The molecule has 4 aromatic carbocycles. The lowest BCUT2D eigenvalue weighted by Crippen LogP contribution is -2.57. The van der Waals surface area contributed by atoms with Gasteiger partial charge in [-0.2, -0.15) is 0 Å². The predicted molar refractivity (Wildman–Crippen MR) is 162 cm³/mol. The molecular weight excluding hydrogens is 585 g/mol. The van der Waals surface area contributed by atoms with E-state index in [4.69, 9.17) is 4.74 Å². The molecule has 0 spiro atoms. The molecule has 4 aromatic rings. The fraction of sp³-hybridized carbons (Fsp3) is 0.257. The van der Waals surface area contributed by atoms with Crippen molar-refractivity contribution in [1.82, 2.24) is 10.2 Å². The Hall–Kier alpha value is -4.83. The minimum absolute atomic E-state index is 0.0145. The van der Waals surface area contributed by atoms with Gasteiger partial charge < -0.3 is 24.8 Å². The van der Waals surface area contributed by atoms with Crippen molar-refractivity contribution in [2.75, 3.05) is 13.7 Å². The molecule has 0 saturated carbocycles. The maximum atomic E-state index is 14.3. The molecule has 45 heavy (non-hydrogen) atoms. The van der Waals surface area contributed by atoms with E-state index in [1.54, 1.807) is 67.5 Å². The molecule has 0 aliphatic carbocycles. The third kappa shape index (κ3) is 6.81. The van der Waals surface area contributed by atoms with Crippen molar-refractivity contribution >= 4 is 11.8 Å². The lowest BCUT2D eigenvalue weighted by atomic mass is 9.67. The van der Waals surface area contributed by atoms with Gasteiger partial charge in [0.2, 0.25) is 5.91 Å². The summed E-state index contributed by atoms with van der Waals surface area (Å²) in [6, 6.07) is 26.1. The van der Waals surface area contributed by atoms with E-state index >= 15 is 0 Å². The van der Waals surface area contributed by atoms with Crippen molar-refractivity contribution in [2.24, 2.45) is 0 Å². The van der Waals surface area contributed by atoms with Gasteiger partial charge in [-0.1, -0.05) is 66.7 Å². The summed E-state index contributed by atoms with van der Waals surface area (Å²) in [4.78, 5) is 30.0. The summed E-state index contributed by atoms with van der Waals surface area (Å²) in [5.41, 5.74) is 2.57. The molecule has 0 bridgehead atoms. The van der Waals surface area contributed by atoms with Crippen LogP contribution in [0.1, 0.15) is 51.1 Å². The number of alkyl halides is 3. The molecular formula is C35H33F3N2O5. The van der Waals surface area contributed by atoms with Crippen LogP contribution in [0.15, 0.2) is 97.1 Å². The first-order valence-electron chi connectivity index (χ1n) is 14.4. The molecule has 5 rings (SSSR count). The Bertz CT molecular complexity index is 1640. The number of halogens is 3. The molecule has 2 atom stereocenters. The van der Waals surface area contributed by atoms with Crippen molar-refractivity contribution in [1.29, 1.82) is 0 Å². The standard InChI is InChI=1S/C35H33F3N2O5/c1-34(33(43)39-20-19-23-9-15-27(44-2)16-10-23)30-6-4-3-5-29(30)32(42)40(31(34)26-13-7-25(22-41)8-14-26)21-24-11-17-28(18-12-24)45-35(36,37)38/h3-18,31,41H,19-22H2,1-2H3,(H,39,43)/t31-,34-/m0/s1. The highest BCUT2D eigenvalue weighted by atomic mass is 19.4. The van der Waals surface area contributed by atoms with Crippen LogP contribution in [0.3, 0.4) is 0 Å². The lowest BCUT2D eigenvalue weighted by molar-refractivity contribution is -0.274. The molecule has 7 nitrogen and oxygen atoms in total. The number of hydrogen-bond acceptors (Lipinski definition) is 5. The molecule has 1 heterocycles. The van der Waals surface area contributed by atoms with E-state index in [9.17, 15) is 27.9 Å². The zero-order chi connectivity index (χ0) is 32.2. The Balaban J connectivity index is 1.52. The van der Waals surface area contributed by atoms with Crippen LogP contribution in [0.25, 0.3) is 0 Å². The fourth-order valence-electron chi connectivity index (χ4n) is 5.87. The number of carbonyl (C=O) groups is 2. The number of carbonyl (C=O) groups excluding carboxylic acids is 2. The maximum Gasteiger partial charge on any atom is 0.573 e. The number of ether oxygens (including phenoxy) is 2. The second kappa shape index (κ2) is 13.0. The van der Waals surface area contributed by atoms with Crippen LogP contribution in [-0.2, 0) is 29.8 Å². The summed E-state index contributed by atoms with van der Waals surface area (Å²) < 4.78 is 47.5. The average Bonchev–Trinajstić information content (AvgIpc) is 3.04. The molecule has 0 aromatic heterocycles. The van der Waals surface area contributed by atoms with Crippen LogP contribution >= 0.6 is 0 Å². The number of benzene rings is 4. The van der Waals surface area contributed by atoms with Gasteiger partial charge in [0.1, 0.15) is 11.5 Å². The van der Waals surface area contributed by atoms with Gasteiger partial charge in [0, 0.05) is 18.7 Å². The molecule has 0 unspecified atom stereocenters. The Morgan fingerprint density at radius 2 is 1.49 bits per heavy atom. The number of amides is 2. The van der Waals surface area contributed by atoms with Crippen LogP contribution in [0, 0.1) is 0 Å². The van der Waals surface area contributed by atoms with Crippen LogP contribution < -0.4 is 14.8 Å². The zero-order valence-corrected chi connectivity index (χ0v) is 24.8. The Morgan fingerprint density at radius 3 is 2.11 bits per heavy atom. The first-order valence-corrected chi connectivity index (χ1v) is 14.4. The largest absolute Gasteiger partial charge is 0.573 e. The summed E-state index contributed by atoms with van der Waals surface area (Å²) in [7, 11) is 1.59. The number of aliphatic hydroxyl groups is 1. The van der Waals surface area contributed by atoms with E-state index in [1.807, 2.05) is 24.3 Å². The van der Waals surface area contributed by atoms with Crippen LogP contribution in [0.5, 0.6) is 11.5 Å². The zero-order valence-electron chi connectivity index (χ0n) is 24.8. The maximum absolute atomic E-state index is 14.3. The summed E-state index contributed by atoms with van der Waals surface area (Å²) in [5.74, 6) is -0.248. The number of nitrogens with zero attached hydrogens (tertiary/aromatic N) is 1. The molecule has 0 fully saturated rings. The van der Waals surface area contributed by atoms with Gasteiger partial charge in [0.05, 0.1) is 25.2 Å². The normalized spacial score (nSPS) is 17.9. The van der Waals surface area contributed by atoms with Crippen molar-refractivity contribution in [2.45, 2.75) is 44.3 Å². The van der Waals surface area contributed by atoms with Crippen molar-refractivity contribution in [3.05, 3.63) is 130 Å². The molecule has 0 saturated heterocycles. The van der Waals surface area contributed by atoms with Gasteiger partial charge in [-0.25, -0.2) is 0 Å². The molecule has 2 N–H and O–H groups in total. The average molecular weight is 619 g/mol. The number of hydrogen-bond donors (Lipinski definition) is 2. The van der Waals surface area contributed by atoms with E-state index in [0.29, 0.717) is 40.8 Å². The topological polar surface area (TPSA) is 88.1 Å². The van der Waals surface area contributed by atoms with Crippen molar-refractivity contribution < 1.29 is 37.3 Å². The Morgan fingerprint density at radius 1 is 0.889 bits per heavy atom.